The molecule has 0 aliphatic heterocycles. The van der Waals surface area contributed by atoms with Gasteiger partial charge in [0.05, 0.1) is 18.9 Å². The number of methoxy groups -OCH3 is 1. The van der Waals surface area contributed by atoms with Crippen molar-refractivity contribution in [1.82, 2.24) is 15.0 Å². The second kappa shape index (κ2) is 9.09. The summed E-state index contributed by atoms with van der Waals surface area (Å²) < 4.78 is 12.0. The predicted octanol–water partition coefficient (Wildman–Crippen LogP) is 0.256. The number of hydrogen-bond donors (Lipinski definition) is 1. The number of aliphatic hydroxyl groups excluding tert-OH is 1. The van der Waals surface area contributed by atoms with Gasteiger partial charge < -0.3 is 14.6 Å². The van der Waals surface area contributed by atoms with Crippen molar-refractivity contribution < 1.29 is 14.6 Å². The van der Waals surface area contributed by atoms with Crippen LogP contribution in [-0.4, -0.2) is 53.6 Å². The van der Waals surface area contributed by atoms with Crippen molar-refractivity contribution in [2.24, 2.45) is 0 Å². The molecule has 98 valence electrons. The Labute approximate surface area is 102 Å². The number of aliphatic hydroxyl groups is 1. The molecule has 1 aromatic rings. The highest BCUT2D eigenvalue weighted by molar-refractivity contribution is 4.91. The third kappa shape index (κ3) is 6.35. The van der Waals surface area contributed by atoms with Crippen LogP contribution in [0.5, 0.6) is 0 Å². The molecule has 0 saturated carbocycles. The zero-order chi connectivity index (χ0) is 12.3. The van der Waals surface area contributed by atoms with Crippen molar-refractivity contribution >= 4 is 0 Å². The lowest BCUT2D eigenvalue weighted by molar-refractivity contribution is 0.0676. The Hall–Kier alpha value is -0.980. The molecule has 1 heterocycles. The van der Waals surface area contributed by atoms with Gasteiger partial charge in [0.15, 0.2) is 0 Å². The van der Waals surface area contributed by atoms with Gasteiger partial charge in [0.25, 0.3) is 0 Å². The van der Waals surface area contributed by atoms with Gasteiger partial charge in [-0.05, 0) is 19.3 Å². The van der Waals surface area contributed by atoms with E-state index in [0.29, 0.717) is 19.8 Å². The summed E-state index contributed by atoms with van der Waals surface area (Å²) in [7, 11) is 1.66. The topological polar surface area (TPSA) is 69.4 Å². The Morgan fingerprint density at radius 1 is 1.29 bits per heavy atom. The van der Waals surface area contributed by atoms with E-state index in [9.17, 15) is 0 Å². The molecule has 0 amide bonds. The summed E-state index contributed by atoms with van der Waals surface area (Å²) in [5.74, 6) is 0. The molecule has 1 N–H and O–H groups in total. The third-order valence-electron chi connectivity index (χ3n) is 2.28. The summed E-state index contributed by atoms with van der Waals surface area (Å²) >= 11 is 0. The number of hydrogen-bond acceptors (Lipinski definition) is 5. The van der Waals surface area contributed by atoms with E-state index in [-0.39, 0.29) is 6.61 Å². The first kappa shape index (κ1) is 14.1. The van der Waals surface area contributed by atoms with Crippen molar-refractivity contribution in [3.8, 4) is 0 Å². The van der Waals surface area contributed by atoms with Crippen molar-refractivity contribution in [3.05, 3.63) is 11.9 Å². The minimum Gasteiger partial charge on any atom is -0.396 e. The molecule has 0 unspecified atom stereocenters. The van der Waals surface area contributed by atoms with Gasteiger partial charge in [-0.1, -0.05) is 5.21 Å². The minimum absolute atomic E-state index is 0.195. The van der Waals surface area contributed by atoms with E-state index < -0.39 is 0 Å². The van der Waals surface area contributed by atoms with Crippen molar-refractivity contribution in [1.29, 1.82) is 0 Å². The van der Waals surface area contributed by atoms with Crippen LogP contribution in [0.4, 0.5) is 0 Å². The maximum atomic E-state index is 8.70. The number of aryl methyl sites for hydroxylation is 2. The van der Waals surface area contributed by atoms with Crippen LogP contribution in [-0.2, 0) is 22.4 Å². The summed E-state index contributed by atoms with van der Waals surface area (Å²) in [5, 5.41) is 16.7. The van der Waals surface area contributed by atoms with Gasteiger partial charge >= 0.3 is 0 Å². The molecule has 1 rings (SSSR count). The van der Waals surface area contributed by atoms with Crippen LogP contribution in [0.25, 0.3) is 0 Å². The maximum Gasteiger partial charge on any atom is 0.0828 e. The van der Waals surface area contributed by atoms with E-state index in [1.54, 1.807) is 7.11 Å². The smallest absolute Gasteiger partial charge is 0.0828 e. The van der Waals surface area contributed by atoms with Crippen LogP contribution < -0.4 is 0 Å². The van der Waals surface area contributed by atoms with Gasteiger partial charge in [-0.3, -0.25) is 4.68 Å². The third-order valence-corrected chi connectivity index (χ3v) is 2.28. The van der Waals surface area contributed by atoms with Crippen molar-refractivity contribution in [3.63, 3.8) is 0 Å². The SMILES string of the molecule is COCCOCCCn1cc(CCCO)nn1. The second-order valence-corrected chi connectivity index (χ2v) is 3.76. The Bertz CT molecular complexity index is 291. The molecule has 0 aliphatic rings. The Morgan fingerprint density at radius 2 is 2.18 bits per heavy atom. The van der Waals surface area contributed by atoms with E-state index in [1.807, 2.05) is 10.9 Å². The monoisotopic (exact) mass is 243 g/mol. The zero-order valence-corrected chi connectivity index (χ0v) is 10.3. The molecular weight excluding hydrogens is 222 g/mol. The lowest BCUT2D eigenvalue weighted by atomic mass is 10.3. The molecule has 0 aromatic carbocycles. The summed E-state index contributed by atoms with van der Waals surface area (Å²) in [6, 6.07) is 0. The van der Waals surface area contributed by atoms with E-state index in [0.717, 1.165) is 31.5 Å². The summed E-state index contributed by atoms with van der Waals surface area (Å²) in [6.45, 7) is 2.97. The molecule has 6 nitrogen and oxygen atoms in total. The van der Waals surface area contributed by atoms with Gasteiger partial charge in [-0.25, -0.2) is 0 Å². The first-order valence-electron chi connectivity index (χ1n) is 5.93. The molecule has 0 fully saturated rings. The molecule has 6 heteroatoms. The molecule has 0 saturated heterocycles. The number of ether oxygens (including phenoxy) is 2. The van der Waals surface area contributed by atoms with Crippen LogP contribution in [0.15, 0.2) is 6.20 Å². The minimum atomic E-state index is 0.195. The molecule has 1 aromatic heterocycles. The Kier molecular flexibility index (Phi) is 7.53. The lowest BCUT2D eigenvalue weighted by Crippen LogP contribution is -2.06. The van der Waals surface area contributed by atoms with E-state index >= 15 is 0 Å². The highest BCUT2D eigenvalue weighted by atomic mass is 16.5. The molecule has 0 spiro atoms. The molecule has 0 radical (unpaired) electrons. The van der Waals surface area contributed by atoms with Crippen LogP contribution in [0.1, 0.15) is 18.5 Å². The van der Waals surface area contributed by atoms with Gasteiger partial charge in [-0.15, -0.1) is 5.10 Å². The fourth-order valence-corrected chi connectivity index (χ4v) is 1.40. The molecule has 0 aliphatic carbocycles. The number of aromatic nitrogens is 3. The van der Waals surface area contributed by atoms with Gasteiger partial charge in [0.2, 0.25) is 0 Å². The predicted molar refractivity (Wildman–Crippen MR) is 62.7 cm³/mol. The molecule has 0 bridgehead atoms. The van der Waals surface area contributed by atoms with E-state index in [1.165, 1.54) is 0 Å². The van der Waals surface area contributed by atoms with Crippen LogP contribution in [0, 0.1) is 0 Å². The molecular formula is C11H21N3O3. The number of nitrogens with zero attached hydrogens (tertiary/aromatic N) is 3. The standard InChI is InChI=1S/C11H21N3O3/c1-16-8-9-17-7-3-5-14-10-11(12-13-14)4-2-6-15/h10,15H,2-9H2,1H3. The van der Waals surface area contributed by atoms with Crippen molar-refractivity contribution in [2.75, 3.05) is 33.5 Å². The van der Waals surface area contributed by atoms with Gasteiger partial charge in [0, 0.05) is 33.1 Å². The highest BCUT2D eigenvalue weighted by Crippen LogP contribution is 1.98. The van der Waals surface area contributed by atoms with Crippen LogP contribution in [0.3, 0.4) is 0 Å². The maximum absolute atomic E-state index is 8.70. The summed E-state index contributed by atoms with van der Waals surface area (Å²) in [6.07, 6.45) is 4.34. The quantitative estimate of drug-likeness (QED) is 0.597. The largest absolute Gasteiger partial charge is 0.396 e. The number of rotatable bonds is 10. The first-order chi connectivity index (χ1) is 8.36. The van der Waals surface area contributed by atoms with Gasteiger partial charge in [-0.2, -0.15) is 0 Å². The molecule has 0 atom stereocenters. The fourth-order valence-electron chi connectivity index (χ4n) is 1.40. The van der Waals surface area contributed by atoms with Gasteiger partial charge in [0.1, 0.15) is 0 Å². The molecule has 17 heavy (non-hydrogen) atoms. The average Bonchev–Trinajstić information content (AvgIpc) is 2.79. The van der Waals surface area contributed by atoms with Crippen LogP contribution in [0.2, 0.25) is 0 Å². The van der Waals surface area contributed by atoms with Crippen LogP contribution >= 0.6 is 0 Å². The van der Waals surface area contributed by atoms with Crippen molar-refractivity contribution in [2.45, 2.75) is 25.8 Å². The highest BCUT2D eigenvalue weighted by Gasteiger charge is 2.00. The summed E-state index contributed by atoms with van der Waals surface area (Å²) in [5.41, 5.74) is 0.930. The lowest BCUT2D eigenvalue weighted by Gasteiger charge is -2.02. The van der Waals surface area contributed by atoms with E-state index in [2.05, 4.69) is 10.3 Å². The van der Waals surface area contributed by atoms with E-state index in [4.69, 9.17) is 14.6 Å². The Morgan fingerprint density at radius 3 is 2.94 bits per heavy atom. The second-order valence-electron chi connectivity index (χ2n) is 3.76. The zero-order valence-electron chi connectivity index (χ0n) is 10.3. The fraction of sp³-hybridized carbons (Fsp3) is 0.818. The summed E-state index contributed by atoms with van der Waals surface area (Å²) in [4.78, 5) is 0. The Balaban J connectivity index is 2.08. The average molecular weight is 243 g/mol. The normalized spacial score (nSPS) is 10.9. The first-order valence-corrected chi connectivity index (χ1v) is 5.93.